The summed E-state index contributed by atoms with van der Waals surface area (Å²) in [5, 5.41) is 2.05. The second kappa shape index (κ2) is 7.20. The Morgan fingerprint density at radius 2 is 1.89 bits per heavy atom. The Hall–Kier alpha value is -1.31. The fraction of sp³-hybridized carbons (Fsp3) is 0.300. The summed E-state index contributed by atoms with van der Waals surface area (Å²) in [6.45, 7) is -0.117. The zero-order valence-corrected chi connectivity index (χ0v) is 10.2. The van der Waals surface area contributed by atoms with Gasteiger partial charge in [0.25, 0.3) is 5.91 Å². The number of hydrogen-bond acceptors (Lipinski definition) is 3. The number of hydrogen-bond donors (Lipinski definition) is 2. The lowest BCUT2D eigenvalue weighted by Crippen LogP contribution is -2.36. The minimum atomic E-state index is -1.33. The Bertz CT molecular complexity index is 428. The molecule has 1 unspecified atom stereocenters. The van der Waals surface area contributed by atoms with Gasteiger partial charge in [-0.2, -0.15) is 0 Å². The molecule has 8 heteroatoms. The highest BCUT2D eigenvalue weighted by Gasteiger charge is 2.18. The van der Waals surface area contributed by atoms with Gasteiger partial charge >= 0.3 is 0 Å². The summed E-state index contributed by atoms with van der Waals surface area (Å²) in [6, 6.07) is 0.890. The lowest BCUT2D eigenvalue weighted by molar-refractivity contribution is -0.125. The maximum absolute atomic E-state index is 13.2. The van der Waals surface area contributed by atoms with Crippen molar-refractivity contribution >= 4 is 24.0 Å². The monoisotopic (exact) mass is 284 g/mol. The van der Waals surface area contributed by atoms with Crippen molar-refractivity contribution in [2.75, 3.05) is 19.0 Å². The van der Waals surface area contributed by atoms with Crippen LogP contribution in [0.2, 0.25) is 0 Å². The second-order valence-corrected chi connectivity index (χ2v) is 3.20. The third kappa shape index (κ3) is 3.86. The van der Waals surface area contributed by atoms with Gasteiger partial charge in [0.1, 0.15) is 11.9 Å². The predicted molar refractivity (Wildman–Crippen MR) is 62.0 cm³/mol. The lowest BCUT2D eigenvalue weighted by atomic mass is 10.2. The van der Waals surface area contributed by atoms with Crippen molar-refractivity contribution in [3.8, 4) is 0 Å². The van der Waals surface area contributed by atoms with Crippen molar-refractivity contribution in [1.82, 2.24) is 0 Å². The van der Waals surface area contributed by atoms with Crippen LogP contribution in [-0.2, 0) is 9.53 Å². The van der Waals surface area contributed by atoms with Crippen molar-refractivity contribution in [2.24, 2.45) is 5.73 Å². The largest absolute Gasteiger partial charge is 0.370 e. The number of anilines is 1. The molecule has 4 nitrogen and oxygen atoms in total. The van der Waals surface area contributed by atoms with Gasteiger partial charge in [0, 0.05) is 25.8 Å². The Morgan fingerprint density at radius 1 is 1.33 bits per heavy atom. The van der Waals surface area contributed by atoms with Crippen LogP contribution >= 0.6 is 12.4 Å². The fourth-order valence-electron chi connectivity index (χ4n) is 1.14. The Morgan fingerprint density at radius 3 is 2.39 bits per heavy atom. The molecule has 0 heterocycles. The smallest absolute Gasteiger partial charge is 0.254 e. The Kier molecular flexibility index (Phi) is 6.67. The van der Waals surface area contributed by atoms with Gasteiger partial charge in [0.2, 0.25) is 0 Å². The molecule has 0 radical (unpaired) electrons. The van der Waals surface area contributed by atoms with Crippen molar-refractivity contribution in [3.05, 3.63) is 29.6 Å². The molecule has 0 aliphatic carbocycles. The number of nitrogens with one attached hydrogen (secondary N) is 1. The quantitative estimate of drug-likeness (QED) is 0.822. The SMILES string of the molecule is COC(CN)C(=O)Nc1cc(F)c(F)cc1F.Cl. The van der Waals surface area contributed by atoms with Crippen LogP contribution in [0.5, 0.6) is 0 Å². The van der Waals surface area contributed by atoms with Gasteiger partial charge in [-0.25, -0.2) is 13.2 Å². The molecule has 1 amide bonds. The first-order valence-electron chi connectivity index (χ1n) is 4.67. The van der Waals surface area contributed by atoms with E-state index in [-0.39, 0.29) is 19.0 Å². The Labute approximate surface area is 108 Å². The summed E-state index contributed by atoms with van der Waals surface area (Å²) >= 11 is 0. The minimum absolute atomic E-state index is 0. The highest BCUT2D eigenvalue weighted by atomic mass is 35.5. The van der Waals surface area contributed by atoms with Gasteiger partial charge in [-0.1, -0.05) is 0 Å². The van der Waals surface area contributed by atoms with E-state index in [1.165, 1.54) is 7.11 Å². The standard InChI is InChI=1S/C10H11F3N2O2.ClH/c1-17-9(4-14)10(16)15-8-3-6(12)5(11)2-7(8)13;/h2-3,9H,4,14H2,1H3,(H,15,16);1H. The van der Waals surface area contributed by atoms with Crippen molar-refractivity contribution in [3.63, 3.8) is 0 Å². The molecule has 0 aromatic heterocycles. The minimum Gasteiger partial charge on any atom is -0.370 e. The molecule has 1 aromatic carbocycles. The molecule has 102 valence electrons. The highest BCUT2D eigenvalue weighted by Crippen LogP contribution is 2.18. The van der Waals surface area contributed by atoms with Gasteiger partial charge in [-0.05, 0) is 0 Å². The average Bonchev–Trinajstić information content (AvgIpc) is 2.27. The molecule has 0 saturated carbocycles. The Balaban J connectivity index is 0.00000289. The van der Waals surface area contributed by atoms with Crippen molar-refractivity contribution < 1.29 is 22.7 Å². The predicted octanol–water partition coefficient (Wildman–Crippen LogP) is 1.44. The average molecular weight is 285 g/mol. The molecule has 0 fully saturated rings. The van der Waals surface area contributed by atoms with Gasteiger partial charge < -0.3 is 15.8 Å². The molecule has 1 aromatic rings. The van der Waals surface area contributed by atoms with E-state index >= 15 is 0 Å². The second-order valence-electron chi connectivity index (χ2n) is 3.20. The first-order valence-corrected chi connectivity index (χ1v) is 4.67. The van der Waals surface area contributed by atoms with Crippen molar-refractivity contribution in [1.29, 1.82) is 0 Å². The number of rotatable bonds is 4. The van der Waals surface area contributed by atoms with E-state index in [9.17, 15) is 18.0 Å². The molecule has 0 aliphatic heterocycles. The molecular weight excluding hydrogens is 273 g/mol. The van der Waals surface area contributed by atoms with Crippen LogP contribution in [0.3, 0.4) is 0 Å². The number of carbonyl (C=O) groups is 1. The number of methoxy groups -OCH3 is 1. The van der Waals surface area contributed by atoms with Crippen molar-refractivity contribution in [2.45, 2.75) is 6.10 Å². The van der Waals surface area contributed by atoms with Gasteiger partial charge in [-0.3, -0.25) is 4.79 Å². The summed E-state index contributed by atoms with van der Waals surface area (Å²) in [6.07, 6.45) is -0.984. The summed E-state index contributed by atoms with van der Waals surface area (Å²) < 4.78 is 43.3. The van der Waals surface area contributed by atoms with E-state index in [2.05, 4.69) is 5.32 Å². The van der Waals surface area contributed by atoms with Crippen LogP contribution in [0.15, 0.2) is 12.1 Å². The lowest BCUT2D eigenvalue weighted by Gasteiger charge is -2.13. The molecule has 1 atom stereocenters. The van der Waals surface area contributed by atoms with Gasteiger partial charge in [0.05, 0.1) is 5.69 Å². The molecule has 0 spiro atoms. The normalized spacial score (nSPS) is 11.6. The zero-order valence-electron chi connectivity index (χ0n) is 9.38. The van der Waals surface area contributed by atoms with E-state index in [1.54, 1.807) is 0 Å². The summed E-state index contributed by atoms with van der Waals surface area (Å²) in [4.78, 5) is 11.4. The van der Waals surface area contributed by atoms with Crippen LogP contribution in [0.4, 0.5) is 18.9 Å². The molecule has 0 saturated heterocycles. The van der Waals surface area contributed by atoms with E-state index in [1.807, 2.05) is 0 Å². The van der Waals surface area contributed by atoms with Crippen LogP contribution in [0.25, 0.3) is 0 Å². The van der Waals surface area contributed by atoms with Gasteiger partial charge in [-0.15, -0.1) is 12.4 Å². The highest BCUT2D eigenvalue weighted by molar-refractivity contribution is 5.94. The summed E-state index contributed by atoms with van der Waals surface area (Å²) in [5.74, 6) is -4.41. The number of benzene rings is 1. The van der Waals surface area contributed by atoms with Crippen LogP contribution in [0.1, 0.15) is 0 Å². The third-order valence-corrected chi connectivity index (χ3v) is 2.06. The molecule has 3 N–H and O–H groups in total. The fourth-order valence-corrected chi connectivity index (χ4v) is 1.14. The van der Waals surface area contributed by atoms with Gasteiger partial charge in [0.15, 0.2) is 11.6 Å². The molecule has 18 heavy (non-hydrogen) atoms. The number of amides is 1. The van der Waals surface area contributed by atoms with E-state index < -0.39 is 35.2 Å². The molecular formula is C10H12ClF3N2O2. The summed E-state index contributed by atoms with van der Waals surface area (Å²) in [5.41, 5.74) is 4.75. The maximum atomic E-state index is 13.2. The van der Waals surface area contributed by atoms with Crippen LogP contribution < -0.4 is 11.1 Å². The third-order valence-electron chi connectivity index (χ3n) is 2.06. The first kappa shape index (κ1) is 16.7. The van der Waals surface area contributed by atoms with Crippen LogP contribution in [-0.4, -0.2) is 25.7 Å². The number of nitrogens with two attached hydrogens (primary N) is 1. The molecule has 0 bridgehead atoms. The first-order chi connectivity index (χ1) is 7.99. The van der Waals surface area contributed by atoms with Crippen LogP contribution in [0, 0.1) is 17.5 Å². The number of carbonyl (C=O) groups excluding carboxylic acids is 1. The molecule has 0 aliphatic rings. The van der Waals surface area contributed by atoms with E-state index in [0.717, 1.165) is 0 Å². The number of halogens is 4. The number of ether oxygens (including phenoxy) is 1. The summed E-state index contributed by atoms with van der Waals surface area (Å²) in [7, 11) is 1.25. The zero-order chi connectivity index (χ0) is 13.0. The molecule has 1 rings (SSSR count). The van der Waals surface area contributed by atoms with E-state index in [4.69, 9.17) is 10.5 Å². The topological polar surface area (TPSA) is 64.3 Å². The van der Waals surface area contributed by atoms with E-state index in [0.29, 0.717) is 12.1 Å². The maximum Gasteiger partial charge on any atom is 0.254 e.